The third-order valence-electron chi connectivity index (χ3n) is 5.74. The summed E-state index contributed by atoms with van der Waals surface area (Å²) in [5.74, 6) is -3.37. The molecule has 16 heteroatoms. The highest BCUT2D eigenvalue weighted by atomic mass is 16.6. The lowest BCUT2D eigenvalue weighted by molar-refractivity contribution is -0.140. The average Bonchev–Trinajstić information content (AvgIpc) is 2.93. The van der Waals surface area contributed by atoms with E-state index in [9.17, 15) is 24.0 Å². The Labute approximate surface area is 257 Å². The second-order valence-electron chi connectivity index (χ2n) is 10.8. The molecular weight excluding hydrogens is 572 g/mol. The molecule has 0 bridgehead atoms. The molecule has 1 aromatic carbocycles. The van der Waals surface area contributed by atoms with Crippen LogP contribution in [0.5, 0.6) is 0 Å². The van der Waals surface area contributed by atoms with Gasteiger partial charge in [-0.25, -0.2) is 4.79 Å². The Kier molecular flexibility index (Phi) is 16.3. The summed E-state index contributed by atoms with van der Waals surface area (Å²) in [6, 6.07) is 7.13. The number of Topliss-reactive ketones (excluding diaryl/α,β-unsaturated/α-hetero) is 1. The van der Waals surface area contributed by atoms with Gasteiger partial charge in [-0.2, -0.15) is 0 Å². The van der Waals surface area contributed by atoms with Crippen LogP contribution >= 0.6 is 0 Å². The summed E-state index contributed by atoms with van der Waals surface area (Å²) in [6.07, 6.45) is 0.513. The van der Waals surface area contributed by atoms with Crippen LogP contribution in [0.3, 0.4) is 0 Å². The Balaban J connectivity index is 2.82. The SMILES string of the molecule is CC(C)(C)OC(=O)N[C@H](CCCN=C(N)N)C(=O)NCC(=O)N[C@@H](CCCN=C(N)N)C(=O)C(=O)NCCc1ccccc1. The van der Waals surface area contributed by atoms with Gasteiger partial charge in [0.2, 0.25) is 17.6 Å². The van der Waals surface area contributed by atoms with Crippen LogP contribution in [0.2, 0.25) is 0 Å². The normalized spacial score (nSPS) is 12.1. The highest BCUT2D eigenvalue weighted by Crippen LogP contribution is 2.08. The van der Waals surface area contributed by atoms with Gasteiger partial charge in [0, 0.05) is 19.6 Å². The molecule has 16 nitrogen and oxygen atoms in total. The molecule has 1 aromatic rings. The fraction of sp³-hybridized carbons (Fsp3) is 0.536. The largest absolute Gasteiger partial charge is 0.444 e. The molecule has 44 heavy (non-hydrogen) atoms. The number of nitrogens with two attached hydrogens (primary N) is 4. The van der Waals surface area contributed by atoms with E-state index in [1.807, 2.05) is 30.3 Å². The van der Waals surface area contributed by atoms with Crippen LogP contribution < -0.4 is 44.2 Å². The maximum Gasteiger partial charge on any atom is 0.408 e. The third-order valence-corrected chi connectivity index (χ3v) is 5.74. The second-order valence-corrected chi connectivity index (χ2v) is 10.8. The number of benzene rings is 1. The number of rotatable bonds is 18. The van der Waals surface area contributed by atoms with Gasteiger partial charge in [-0.3, -0.25) is 29.2 Å². The molecule has 0 heterocycles. The number of ketones is 1. The first-order valence-electron chi connectivity index (χ1n) is 14.2. The van der Waals surface area contributed by atoms with Gasteiger partial charge in [-0.15, -0.1) is 0 Å². The minimum atomic E-state index is -1.19. The van der Waals surface area contributed by atoms with Crippen LogP contribution in [0.25, 0.3) is 0 Å². The smallest absolute Gasteiger partial charge is 0.408 e. The predicted octanol–water partition coefficient (Wildman–Crippen LogP) is -1.48. The summed E-state index contributed by atoms with van der Waals surface area (Å²) >= 11 is 0. The fourth-order valence-electron chi connectivity index (χ4n) is 3.74. The first kappa shape index (κ1) is 37.1. The zero-order valence-electron chi connectivity index (χ0n) is 25.6. The number of carbonyl (C=O) groups is 5. The van der Waals surface area contributed by atoms with Gasteiger partial charge in [-0.1, -0.05) is 30.3 Å². The van der Waals surface area contributed by atoms with Crippen molar-refractivity contribution in [1.29, 1.82) is 0 Å². The summed E-state index contributed by atoms with van der Waals surface area (Å²) in [6.45, 7) is 5.07. The van der Waals surface area contributed by atoms with Crippen LogP contribution in [-0.2, 0) is 30.3 Å². The lowest BCUT2D eigenvalue weighted by Gasteiger charge is -2.23. The van der Waals surface area contributed by atoms with E-state index in [4.69, 9.17) is 27.7 Å². The van der Waals surface area contributed by atoms with E-state index >= 15 is 0 Å². The monoisotopic (exact) mass is 618 g/mol. The van der Waals surface area contributed by atoms with Gasteiger partial charge < -0.3 is 48.9 Å². The van der Waals surface area contributed by atoms with Crippen molar-refractivity contribution >= 4 is 41.5 Å². The number of ether oxygens (including phenoxy) is 1. The van der Waals surface area contributed by atoms with Crippen molar-refractivity contribution in [2.24, 2.45) is 32.9 Å². The van der Waals surface area contributed by atoms with Crippen LogP contribution in [-0.4, -0.2) is 85.4 Å². The highest BCUT2D eigenvalue weighted by Gasteiger charge is 2.28. The maximum atomic E-state index is 12.9. The number of aliphatic imine (C=N–C) groups is 2. The maximum absolute atomic E-state index is 12.9. The van der Waals surface area contributed by atoms with E-state index in [1.165, 1.54) is 0 Å². The molecule has 4 amide bonds. The van der Waals surface area contributed by atoms with Gasteiger partial charge in [-0.05, 0) is 58.4 Å². The van der Waals surface area contributed by atoms with Crippen molar-refractivity contribution in [2.75, 3.05) is 26.2 Å². The molecule has 0 radical (unpaired) electrons. The Morgan fingerprint density at radius 3 is 1.93 bits per heavy atom. The topological polar surface area (TPSA) is 271 Å². The van der Waals surface area contributed by atoms with E-state index < -0.39 is 53.8 Å². The second kappa shape index (κ2) is 19.3. The Hall–Kier alpha value is -4.89. The average molecular weight is 619 g/mol. The number of alkyl carbamates (subject to hydrolysis) is 1. The summed E-state index contributed by atoms with van der Waals surface area (Å²) in [7, 11) is 0. The molecule has 0 fully saturated rings. The van der Waals surface area contributed by atoms with Gasteiger partial charge in [0.1, 0.15) is 11.6 Å². The van der Waals surface area contributed by atoms with E-state index in [0.29, 0.717) is 12.8 Å². The minimum absolute atomic E-state index is 0.0645. The van der Waals surface area contributed by atoms with Gasteiger partial charge in [0.15, 0.2) is 11.9 Å². The summed E-state index contributed by atoms with van der Waals surface area (Å²) in [4.78, 5) is 71.2. The molecule has 0 saturated heterocycles. The summed E-state index contributed by atoms with van der Waals surface area (Å²) in [5, 5.41) is 9.98. The van der Waals surface area contributed by atoms with E-state index in [0.717, 1.165) is 5.56 Å². The molecule has 0 spiro atoms. The first-order chi connectivity index (χ1) is 20.7. The molecule has 2 atom stereocenters. The van der Waals surface area contributed by atoms with Gasteiger partial charge >= 0.3 is 6.09 Å². The van der Waals surface area contributed by atoms with Crippen molar-refractivity contribution < 1.29 is 28.7 Å². The quantitative estimate of drug-likeness (QED) is 0.0409. The lowest BCUT2D eigenvalue weighted by Crippen LogP contribution is -2.52. The molecule has 0 aliphatic rings. The molecule has 0 saturated carbocycles. The summed E-state index contributed by atoms with van der Waals surface area (Å²) < 4.78 is 5.23. The summed E-state index contributed by atoms with van der Waals surface area (Å²) in [5.41, 5.74) is 21.5. The van der Waals surface area contributed by atoms with E-state index in [1.54, 1.807) is 20.8 Å². The van der Waals surface area contributed by atoms with E-state index in [-0.39, 0.29) is 50.8 Å². The number of guanidine groups is 2. The number of hydrogen-bond acceptors (Lipinski definition) is 8. The first-order valence-corrected chi connectivity index (χ1v) is 14.2. The number of carbonyl (C=O) groups excluding carboxylic acids is 5. The predicted molar refractivity (Wildman–Crippen MR) is 166 cm³/mol. The van der Waals surface area contributed by atoms with Crippen molar-refractivity contribution in [1.82, 2.24) is 21.3 Å². The number of amides is 4. The third kappa shape index (κ3) is 17.2. The van der Waals surface area contributed by atoms with Crippen LogP contribution in [0.1, 0.15) is 52.0 Å². The highest BCUT2D eigenvalue weighted by molar-refractivity contribution is 6.38. The Morgan fingerprint density at radius 2 is 1.39 bits per heavy atom. The molecule has 244 valence electrons. The Morgan fingerprint density at radius 1 is 0.818 bits per heavy atom. The standard InChI is InChI=1S/C28H46N10O6/c1-28(2,3)44-27(43)38-20(12-8-15-35-26(31)32)23(41)36-17-21(39)37-19(11-7-14-34-25(29)30)22(40)24(42)33-16-13-18-9-5-4-6-10-18/h4-6,9-10,19-20H,7-8,11-17H2,1-3H3,(H,33,42)(H,36,41)(H,37,39)(H,38,43)(H4,29,30,34)(H4,31,32,35)/t19-,20+/m0/s1. The fourth-order valence-corrected chi connectivity index (χ4v) is 3.74. The van der Waals surface area contributed by atoms with Gasteiger partial charge in [0.05, 0.1) is 12.6 Å². The van der Waals surface area contributed by atoms with Crippen molar-refractivity contribution in [2.45, 2.75) is 70.6 Å². The zero-order chi connectivity index (χ0) is 33.1. The van der Waals surface area contributed by atoms with Crippen molar-refractivity contribution in [3.8, 4) is 0 Å². The minimum Gasteiger partial charge on any atom is -0.444 e. The lowest BCUT2D eigenvalue weighted by atomic mass is 10.1. The number of nitrogens with zero attached hydrogens (tertiary/aromatic N) is 2. The molecule has 12 N–H and O–H groups in total. The van der Waals surface area contributed by atoms with Gasteiger partial charge in [0.25, 0.3) is 5.91 Å². The molecule has 1 rings (SSSR count). The molecular formula is C28H46N10O6. The molecule has 0 aromatic heterocycles. The van der Waals surface area contributed by atoms with Crippen LogP contribution in [0, 0.1) is 0 Å². The number of hydrogen-bond donors (Lipinski definition) is 8. The zero-order valence-corrected chi connectivity index (χ0v) is 25.6. The number of nitrogens with one attached hydrogen (secondary N) is 4. The molecule has 0 unspecified atom stereocenters. The van der Waals surface area contributed by atoms with E-state index in [2.05, 4.69) is 31.3 Å². The van der Waals surface area contributed by atoms with Crippen LogP contribution in [0.15, 0.2) is 40.3 Å². The Bertz CT molecular complexity index is 1160. The van der Waals surface area contributed by atoms with Crippen molar-refractivity contribution in [3.05, 3.63) is 35.9 Å². The molecule has 0 aliphatic carbocycles. The van der Waals surface area contributed by atoms with Crippen LogP contribution in [0.4, 0.5) is 4.79 Å². The molecule has 0 aliphatic heterocycles. The van der Waals surface area contributed by atoms with Crippen molar-refractivity contribution in [3.63, 3.8) is 0 Å².